The molecule has 0 radical (unpaired) electrons. The van der Waals surface area contributed by atoms with Crippen LogP contribution in [0.25, 0.3) is 10.9 Å². The average molecular weight is 845 g/mol. The molecule has 3 aliphatic rings. The maximum absolute atomic E-state index is 13.8. The molecule has 0 saturated carbocycles. The Bertz CT molecular complexity index is 2410. The molecule has 2 aromatic carbocycles. The van der Waals surface area contributed by atoms with Crippen LogP contribution < -0.4 is 20.7 Å². The maximum Gasteiger partial charge on any atom is 0.255 e. The van der Waals surface area contributed by atoms with Crippen molar-refractivity contribution in [1.82, 2.24) is 40.2 Å². The Labute approximate surface area is 348 Å². The number of hydrogen-bond acceptors (Lipinski definition) is 14. The van der Waals surface area contributed by atoms with E-state index in [-0.39, 0.29) is 54.4 Å². The highest BCUT2D eigenvalue weighted by Gasteiger charge is 2.40. The lowest BCUT2D eigenvalue weighted by atomic mass is 10.0. The van der Waals surface area contributed by atoms with E-state index in [9.17, 15) is 27.6 Å². The molecule has 4 aromatic rings. The number of hydrogen-bond donors (Lipinski definition) is 4. The van der Waals surface area contributed by atoms with Crippen LogP contribution in [0, 0.1) is 13.8 Å². The van der Waals surface area contributed by atoms with E-state index in [0.29, 0.717) is 65.5 Å². The summed E-state index contributed by atoms with van der Waals surface area (Å²) < 4.78 is 38.5. The Balaban J connectivity index is 0.853. The van der Waals surface area contributed by atoms with Crippen molar-refractivity contribution < 1.29 is 37.1 Å². The summed E-state index contributed by atoms with van der Waals surface area (Å²) in [6.07, 6.45) is 2.54. The molecule has 1 atom stereocenters. The lowest BCUT2D eigenvalue weighted by molar-refractivity contribution is -0.137. The van der Waals surface area contributed by atoms with Gasteiger partial charge in [-0.3, -0.25) is 34.5 Å². The number of H-pyrrole nitrogens is 1. The lowest BCUT2D eigenvalue weighted by Gasteiger charge is -2.34. The lowest BCUT2D eigenvalue weighted by Crippen LogP contribution is -2.52. The summed E-state index contributed by atoms with van der Waals surface area (Å²) in [6.45, 7) is 14.3. The van der Waals surface area contributed by atoms with Gasteiger partial charge in [-0.15, -0.1) is 0 Å². The van der Waals surface area contributed by atoms with Crippen LogP contribution in [0.3, 0.4) is 0 Å². The van der Waals surface area contributed by atoms with Crippen LogP contribution in [-0.2, 0) is 35.5 Å². The van der Waals surface area contributed by atoms with Crippen LogP contribution in [0.2, 0.25) is 0 Å². The third-order valence-electron chi connectivity index (χ3n) is 11.3. The topological polar surface area (TPSA) is 221 Å². The van der Waals surface area contributed by atoms with Gasteiger partial charge < -0.3 is 29.9 Å². The number of fused-ring (bicyclic) bond motifs is 2. The maximum atomic E-state index is 13.8. The summed E-state index contributed by atoms with van der Waals surface area (Å²) in [7, 11) is -3.81. The zero-order chi connectivity index (χ0) is 42.8. The van der Waals surface area contributed by atoms with Crippen LogP contribution in [0.5, 0.6) is 5.75 Å². The number of piperidine rings is 1. The molecule has 0 bridgehead atoms. The van der Waals surface area contributed by atoms with Gasteiger partial charge in [-0.2, -0.15) is 5.10 Å². The van der Waals surface area contributed by atoms with Crippen molar-refractivity contribution in [3.63, 3.8) is 0 Å². The number of rotatable bonds is 15. The first kappa shape index (κ1) is 42.6. The van der Waals surface area contributed by atoms with Crippen molar-refractivity contribution >= 4 is 61.7 Å². The van der Waals surface area contributed by atoms with E-state index in [4.69, 9.17) is 9.47 Å². The van der Waals surface area contributed by atoms with Gasteiger partial charge >= 0.3 is 0 Å². The molecule has 4 N–H and O–H groups in total. The summed E-state index contributed by atoms with van der Waals surface area (Å²) in [5, 5.41) is 16.2. The summed E-state index contributed by atoms with van der Waals surface area (Å²) in [4.78, 5) is 64.9. The van der Waals surface area contributed by atoms with Crippen molar-refractivity contribution in [3.8, 4) is 5.75 Å². The molecule has 5 heterocycles. The highest BCUT2D eigenvalue weighted by Crippen LogP contribution is 2.37. The summed E-state index contributed by atoms with van der Waals surface area (Å²) in [5.74, 6) is -0.197. The smallest absolute Gasteiger partial charge is 0.255 e. The van der Waals surface area contributed by atoms with Crippen molar-refractivity contribution in [2.24, 2.45) is 0 Å². The Kier molecular flexibility index (Phi) is 12.5. The predicted octanol–water partition coefficient (Wildman–Crippen LogP) is 3.09. The Hall–Kier alpha value is -5.50. The molecule has 0 aliphatic carbocycles. The summed E-state index contributed by atoms with van der Waals surface area (Å²) in [6, 6.07) is 7.60. The minimum atomic E-state index is -3.81. The van der Waals surface area contributed by atoms with Gasteiger partial charge in [0.1, 0.15) is 35.4 Å². The number of sulfone groups is 1. The first-order chi connectivity index (χ1) is 28.6. The Morgan fingerprint density at radius 2 is 1.73 bits per heavy atom. The number of imide groups is 1. The minimum absolute atomic E-state index is 0.0852. The fourth-order valence-electron chi connectivity index (χ4n) is 7.49. The quantitative estimate of drug-likeness (QED) is 0.0999. The highest BCUT2D eigenvalue weighted by molar-refractivity contribution is 7.92. The fourth-order valence-corrected chi connectivity index (χ4v) is 8.81. The van der Waals surface area contributed by atoms with Gasteiger partial charge in [0.2, 0.25) is 17.7 Å². The van der Waals surface area contributed by atoms with Gasteiger partial charge in [0.25, 0.3) is 5.91 Å². The monoisotopic (exact) mass is 844 g/mol. The Morgan fingerprint density at radius 3 is 2.43 bits per heavy atom. The number of aromatic amines is 1. The second-order valence-corrected chi connectivity index (χ2v) is 19.0. The van der Waals surface area contributed by atoms with E-state index in [1.807, 2.05) is 13.8 Å². The van der Waals surface area contributed by atoms with Crippen LogP contribution >= 0.6 is 0 Å². The average Bonchev–Trinajstić information content (AvgIpc) is 3.71. The van der Waals surface area contributed by atoms with E-state index in [0.717, 1.165) is 44.0 Å². The van der Waals surface area contributed by atoms with Gasteiger partial charge in [0.15, 0.2) is 15.7 Å². The molecule has 19 heteroatoms. The summed E-state index contributed by atoms with van der Waals surface area (Å²) in [5.41, 5.74) is 3.92. The molecule has 320 valence electrons. The van der Waals surface area contributed by atoms with E-state index in [1.165, 1.54) is 11.2 Å². The van der Waals surface area contributed by atoms with Crippen molar-refractivity contribution in [3.05, 3.63) is 59.0 Å². The third-order valence-corrected chi connectivity index (χ3v) is 13.8. The molecule has 18 nitrogen and oxygen atoms in total. The van der Waals surface area contributed by atoms with Crippen LogP contribution in [-0.4, -0.2) is 137 Å². The predicted molar refractivity (Wildman–Crippen MR) is 223 cm³/mol. The second kappa shape index (κ2) is 17.6. The molecular weight excluding hydrogens is 793 g/mol. The number of carbonyl (C=O) groups excluding carboxylic acids is 4. The van der Waals surface area contributed by atoms with Crippen molar-refractivity contribution in [2.75, 3.05) is 69.7 Å². The number of piperazine rings is 1. The molecule has 3 aliphatic heterocycles. The Morgan fingerprint density at radius 1 is 0.983 bits per heavy atom. The normalized spacial score (nSPS) is 17.9. The van der Waals surface area contributed by atoms with Gasteiger partial charge in [0.05, 0.1) is 23.5 Å². The van der Waals surface area contributed by atoms with E-state index in [1.54, 1.807) is 51.1 Å². The van der Waals surface area contributed by atoms with Crippen LogP contribution in [0.15, 0.2) is 41.6 Å². The molecule has 7 rings (SSSR count). The van der Waals surface area contributed by atoms with Crippen LogP contribution in [0.4, 0.5) is 17.3 Å². The van der Waals surface area contributed by atoms with Crippen molar-refractivity contribution in [2.45, 2.75) is 76.1 Å². The zero-order valence-electron chi connectivity index (χ0n) is 34.6. The molecule has 2 aromatic heterocycles. The van der Waals surface area contributed by atoms with Gasteiger partial charge in [-0.05, 0) is 65.7 Å². The second-order valence-electron chi connectivity index (χ2n) is 16.3. The van der Waals surface area contributed by atoms with E-state index >= 15 is 0 Å². The van der Waals surface area contributed by atoms with Gasteiger partial charge in [-0.1, -0.05) is 6.07 Å². The van der Waals surface area contributed by atoms with Crippen LogP contribution in [0.1, 0.15) is 67.2 Å². The molecule has 2 fully saturated rings. The first-order valence-electron chi connectivity index (χ1n) is 20.1. The molecule has 1 unspecified atom stereocenters. The highest BCUT2D eigenvalue weighted by atomic mass is 32.2. The number of nitrogens with zero attached hydrogens (tertiary/aromatic N) is 6. The number of aryl methyl sites for hydroxylation is 1. The third kappa shape index (κ3) is 9.13. The standard InChI is InChI=1S/C41H52N10O8S/c1-25-26(2)47-48-37(25)46-38-28-20-34(60(56,57)41(3,4)5)33(21-31(28)42-24-43-38)59-18-7-12-49-13-15-50(16-14-49)17-19-58-23-36(53)44-30-9-6-8-27-29(30)22-51(40(27)55)32-10-11-35(52)45-39(32)54/h6,8-9,20-21,24,32H,7,10-19,22-23H2,1-5H3,(H,44,53)(H,45,52,54)(H2,42,43,46,47,48). The number of benzene rings is 2. The number of carbonyl (C=O) groups is 4. The number of anilines is 3. The number of nitrogens with one attached hydrogen (secondary N) is 4. The largest absolute Gasteiger partial charge is 0.492 e. The molecule has 0 spiro atoms. The van der Waals surface area contributed by atoms with E-state index in [2.05, 4.69) is 45.9 Å². The molecule has 4 amide bonds. The molecule has 2 saturated heterocycles. The zero-order valence-corrected chi connectivity index (χ0v) is 35.4. The number of aromatic nitrogens is 4. The minimum Gasteiger partial charge on any atom is -0.492 e. The SMILES string of the molecule is Cc1[nH]nc(Nc2ncnc3cc(OCCCN4CCN(CCOCC(=O)Nc5cccc6c5CN(C5CCC(=O)NC5=O)C6=O)CC4)c(S(=O)(=O)C(C)(C)C)cc23)c1C. The summed E-state index contributed by atoms with van der Waals surface area (Å²) >= 11 is 0. The first-order valence-corrected chi connectivity index (χ1v) is 21.6. The number of ether oxygens (including phenoxy) is 2. The molecular formula is C41H52N10O8S. The van der Waals surface area contributed by atoms with Gasteiger partial charge in [0, 0.05) is 91.8 Å². The van der Waals surface area contributed by atoms with Crippen molar-refractivity contribution in [1.29, 1.82) is 0 Å². The molecule has 60 heavy (non-hydrogen) atoms. The van der Waals surface area contributed by atoms with Gasteiger partial charge in [-0.25, -0.2) is 18.4 Å². The fraction of sp³-hybridized carbons (Fsp3) is 0.488. The van der Waals surface area contributed by atoms with E-state index < -0.39 is 26.5 Å². The number of amides is 4.